The zero-order chi connectivity index (χ0) is 16.9. The summed E-state index contributed by atoms with van der Waals surface area (Å²) >= 11 is 0. The summed E-state index contributed by atoms with van der Waals surface area (Å²) in [5.74, 6) is 0.0804. The lowest BCUT2D eigenvalue weighted by Crippen LogP contribution is -2.24. The first-order valence-corrected chi connectivity index (χ1v) is 7.81. The Morgan fingerprint density at radius 1 is 0.783 bits per heavy atom. The number of nitrogens with one attached hydrogen (secondary N) is 2. The Hall–Kier alpha value is -2.62. The molecule has 0 unspecified atom stereocenters. The fraction of sp³-hybridized carbons (Fsp3) is 0.263. The molecule has 2 aromatic carbocycles. The van der Waals surface area contributed by atoms with E-state index < -0.39 is 0 Å². The molecule has 0 bridgehead atoms. The van der Waals surface area contributed by atoms with Crippen molar-refractivity contribution in [1.82, 2.24) is 10.6 Å². The van der Waals surface area contributed by atoms with E-state index in [9.17, 15) is 9.59 Å². The van der Waals surface area contributed by atoms with Crippen LogP contribution < -0.4 is 10.6 Å². The molecule has 0 aromatic heterocycles. The van der Waals surface area contributed by atoms with Crippen LogP contribution in [0.2, 0.25) is 0 Å². The van der Waals surface area contributed by atoms with Crippen molar-refractivity contribution in [2.24, 2.45) is 0 Å². The van der Waals surface area contributed by atoms with Crippen molar-refractivity contribution in [2.75, 3.05) is 13.1 Å². The highest BCUT2D eigenvalue weighted by Gasteiger charge is 2.00. The second-order valence-electron chi connectivity index (χ2n) is 4.84. The van der Waals surface area contributed by atoms with Crippen molar-refractivity contribution < 1.29 is 9.59 Å². The number of amides is 2. The summed E-state index contributed by atoms with van der Waals surface area (Å²) in [4.78, 5) is 22.2. The molecule has 0 aliphatic rings. The summed E-state index contributed by atoms with van der Waals surface area (Å²) in [6.07, 6.45) is 0.481. The van der Waals surface area contributed by atoms with Gasteiger partial charge in [-0.25, -0.2) is 0 Å². The molecule has 0 heterocycles. The highest BCUT2D eigenvalue weighted by Crippen LogP contribution is 1.98. The highest BCUT2D eigenvalue weighted by molar-refractivity contribution is 5.94. The van der Waals surface area contributed by atoms with Crippen molar-refractivity contribution in [1.29, 1.82) is 0 Å². The standard InChI is InChI=1S/C10H13NO.C9H11NO/c1-2-11-10(12)8-9-6-4-3-5-7-9;1-2-10-9(11)8-6-4-3-5-7-8/h3-7H,2,8H2,1H3,(H,11,12);3-7H,2H2,1H3,(H,10,11). The first-order chi connectivity index (χ1) is 11.2. The van der Waals surface area contributed by atoms with Crippen LogP contribution in [0, 0.1) is 0 Å². The molecule has 2 aromatic rings. The van der Waals surface area contributed by atoms with E-state index in [1.54, 1.807) is 12.1 Å². The third-order valence-electron chi connectivity index (χ3n) is 2.95. The number of carbonyl (C=O) groups is 2. The molecule has 2 rings (SSSR count). The number of benzene rings is 2. The first-order valence-electron chi connectivity index (χ1n) is 7.81. The Kier molecular flexibility index (Phi) is 8.83. The van der Waals surface area contributed by atoms with Crippen molar-refractivity contribution in [3.8, 4) is 0 Å². The normalized spacial score (nSPS) is 9.30. The molecule has 0 saturated carbocycles. The lowest BCUT2D eigenvalue weighted by Gasteiger charge is -2.00. The van der Waals surface area contributed by atoms with Gasteiger partial charge in [-0.3, -0.25) is 9.59 Å². The average Bonchev–Trinajstić information content (AvgIpc) is 2.57. The molecule has 122 valence electrons. The van der Waals surface area contributed by atoms with Crippen LogP contribution in [-0.4, -0.2) is 24.9 Å². The van der Waals surface area contributed by atoms with Gasteiger partial charge in [0.2, 0.25) is 5.91 Å². The summed E-state index contributed by atoms with van der Waals surface area (Å²) in [5, 5.41) is 5.48. The maximum atomic E-state index is 11.1. The van der Waals surface area contributed by atoms with Gasteiger partial charge < -0.3 is 10.6 Å². The Bertz CT molecular complexity index is 583. The molecule has 0 atom stereocenters. The second kappa shape index (κ2) is 11.0. The largest absolute Gasteiger partial charge is 0.356 e. The molecular weight excluding hydrogens is 288 g/mol. The van der Waals surface area contributed by atoms with Crippen LogP contribution in [0.4, 0.5) is 0 Å². The molecule has 0 aliphatic heterocycles. The maximum Gasteiger partial charge on any atom is 0.251 e. The van der Waals surface area contributed by atoms with Gasteiger partial charge in [-0.1, -0.05) is 48.5 Å². The van der Waals surface area contributed by atoms with Gasteiger partial charge >= 0.3 is 0 Å². The molecule has 4 heteroatoms. The summed E-state index contributed by atoms with van der Waals surface area (Å²) in [6, 6.07) is 18.9. The van der Waals surface area contributed by atoms with E-state index in [0.717, 1.165) is 5.56 Å². The summed E-state index contributed by atoms with van der Waals surface area (Å²) in [7, 11) is 0. The predicted molar refractivity (Wildman–Crippen MR) is 93.3 cm³/mol. The monoisotopic (exact) mass is 312 g/mol. The third kappa shape index (κ3) is 7.81. The van der Waals surface area contributed by atoms with Gasteiger partial charge in [0, 0.05) is 18.7 Å². The van der Waals surface area contributed by atoms with E-state index in [1.165, 1.54) is 0 Å². The molecule has 2 N–H and O–H groups in total. The molecule has 0 saturated heterocycles. The Morgan fingerprint density at radius 2 is 1.30 bits per heavy atom. The quantitative estimate of drug-likeness (QED) is 0.892. The molecular formula is C19H24N2O2. The van der Waals surface area contributed by atoms with Gasteiger partial charge in [-0.15, -0.1) is 0 Å². The minimum Gasteiger partial charge on any atom is -0.356 e. The molecule has 0 radical (unpaired) electrons. The molecule has 0 fully saturated rings. The van der Waals surface area contributed by atoms with Gasteiger partial charge in [-0.05, 0) is 31.5 Å². The minimum atomic E-state index is -0.00639. The number of hydrogen-bond donors (Lipinski definition) is 2. The lowest BCUT2D eigenvalue weighted by molar-refractivity contribution is -0.120. The molecule has 23 heavy (non-hydrogen) atoms. The number of likely N-dealkylation sites (N-methyl/N-ethyl adjacent to an activating group) is 1. The number of hydrogen-bond acceptors (Lipinski definition) is 2. The number of rotatable bonds is 5. The Labute approximate surface area is 137 Å². The van der Waals surface area contributed by atoms with Crippen molar-refractivity contribution in [3.05, 3.63) is 71.8 Å². The molecule has 0 spiro atoms. The predicted octanol–water partition coefficient (Wildman–Crippen LogP) is 2.80. The first kappa shape index (κ1) is 18.4. The fourth-order valence-corrected chi connectivity index (χ4v) is 1.89. The van der Waals surface area contributed by atoms with Crippen LogP contribution in [0.1, 0.15) is 29.8 Å². The topological polar surface area (TPSA) is 58.2 Å². The van der Waals surface area contributed by atoms with E-state index in [1.807, 2.05) is 62.4 Å². The van der Waals surface area contributed by atoms with Gasteiger partial charge in [0.15, 0.2) is 0 Å². The van der Waals surface area contributed by atoms with Gasteiger partial charge in [-0.2, -0.15) is 0 Å². The van der Waals surface area contributed by atoms with Crippen LogP contribution >= 0.6 is 0 Å². The zero-order valence-corrected chi connectivity index (χ0v) is 13.7. The van der Waals surface area contributed by atoms with E-state index in [-0.39, 0.29) is 11.8 Å². The molecule has 0 aliphatic carbocycles. The summed E-state index contributed by atoms with van der Waals surface area (Å²) < 4.78 is 0. The van der Waals surface area contributed by atoms with Crippen molar-refractivity contribution in [2.45, 2.75) is 20.3 Å². The SMILES string of the molecule is CCNC(=O)Cc1ccccc1.CCNC(=O)c1ccccc1. The van der Waals surface area contributed by atoms with Crippen LogP contribution in [0.3, 0.4) is 0 Å². The van der Waals surface area contributed by atoms with Crippen molar-refractivity contribution in [3.63, 3.8) is 0 Å². The third-order valence-corrected chi connectivity index (χ3v) is 2.95. The minimum absolute atomic E-state index is 0.00639. The summed E-state index contributed by atoms with van der Waals surface area (Å²) in [6.45, 7) is 5.20. The zero-order valence-electron chi connectivity index (χ0n) is 13.7. The van der Waals surface area contributed by atoms with Crippen molar-refractivity contribution >= 4 is 11.8 Å². The average molecular weight is 312 g/mol. The smallest absolute Gasteiger partial charge is 0.251 e. The van der Waals surface area contributed by atoms with Crippen LogP contribution in [0.15, 0.2) is 60.7 Å². The van der Waals surface area contributed by atoms with Crippen LogP contribution in [0.25, 0.3) is 0 Å². The van der Waals surface area contributed by atoms with Gasteiger partial charge in [0.05, 0.1) is 6.42 Å². The highest BCUT2D eigenvalue weighted by atomic mass is 16.2. The fourth-order valence-electron chi connectivity index (χ4n) is 1.89. The molecule has 4 nitrogen and oxygen atoms in total. The van der Waals surface area contributed by atoms with Crippen LogP contribution in [0.5, 0.6) is 0 Å². The van der Waals surface area contributed by atoms with E-state index >= 15 is 0 Å². The Morgan fingerprint density at radius 3 is 1.83 bits per heavy atom. The van der Waals surface area contributed by atoms with Gasteiger partial charge in [0.1, 0.15) is 0 Å². The van der Waals surface area contributed by atoms with Gasteiger partial charge in [0.25, 0.3) is 5.91 Å². The van der Waals surface area contributed by atoms with Crippen LogP contribution in [-0.2, 0) is 11.2 Å². The van der Waals surface area contributed by atoms with E-state index in [0.29, 0.717) is 25.1 Å². The second-order valence-corrected chi connectivity index (χ2v) is 4.84. The number of carbonyl (C=O) groups excluding carboxylic acids is 2. The molecule has 2 amide bonds. The van der Waals surface area contributed by atoms with E-state index in [4.69, 9.17) is 0 Å². The maximum absolute atomic E-state index is 11.1. The van der Waals surface area contributed by atoms with E-state index in [2.05, 4.69) is 10.6 Å². The summed E-state index contributed by atoms with van der Waals surface area (Å²) in [5.41, 5.74) is 1.78. The Balaban J connectivity index is 0.000000231. The lowest BCUT2D eigenvalue weighted by atomic mass is 10.1.